The van der Waals surface area contributed by atoms with Gasteiger partial charge in [0.05, 0.1) is 6.42 Å². The van der Waals surface area contributed by atoms with E-state index in [1.807, 2.05) is 0 Å². The second-order valence-electron chi connectivity index (χ2n) is 8.52. The molecule has 0 radical (unpaired) electrons. The van der Waals surface area contributed by atoms with Gasteiger partial charge in [-0.15, -0.1) is 0 Å². The summed E-state index contributed by atoms with van der Waals surface area (Å²) in [6.07, 6.45) is 26.7. The Balaban J connectivity index is 3.45. The SMILES string of the molecule is CCCCC/C=C\C/C=C\CCCCCCCCCCCC(=O)N[C@@H](CC(N)=O)C(=O)O. The molecule has 1 atom stereocenters. The molecule has 0 fully saturated rings. The quantitative estimate of drug-likeness (QED) is 0.143. The molecular weight excluding hydrogens is 404 g/mol. The number of nitrogens with one attached hydrogen (secondary N) is 1. The summed E-state index contributed by atoms with van der Waals surface area (Å²) in [5.74, 6) is -2.32. The number of rotatable bonds is 22. The van der Waals surface area contributed by atoms with Gasteiger partial charge < -0.3 is 16.2 Å². The first-order chi connectivity index (χ1) is 15.5. The zero-order valence-corrected chi connectivity index (χ0v) is 20.2. The largest absolute Gasteiger partial charge is 0.480 e. The third-order valence-corrected chi connectivity index (χ3v) is 5.39. The Labute approximate surface area is 195 Å². The molecule has 6 nitrogen and oxygen atoms in total. The van der Waals surface area contributed by atoms with Crippen LogP contribution in [0.1, 0.15) is 116 Å². The fraction of sp³-hybridized carbons (Fsp3) is 0.731. The van der Waals surface area contributed by atoms with E-state index in [2.05, 4.69) is 36.5 Å². The second kappa shape index (κ2) is 22.1. The predicted octanol–water partition coefficient (Wildman–Crippen LogP) is 5.81. The fourth-order valence-corrected chi connectivity index (χ4v) is 3.47. The van der Waals surface area contributed by atoms with E-state index in [-0.39, 0.29) is 18.7 Å². The molecule has 4 N–H and O–H groups in total. The smallest absolute Gasteiger partial charge is 0.326 e. The van der Waals surface area contributed by atoms with E-state index in [0.717, 1.165) is 25.7 Å². The number of primary amides is 1. The monoisotopic (exact) mass is 450 g/mol. The number of carboxylic acid groups (broad SMARTS) is 1. The molecule has 0 aromatic carbocycles. The Hall–Kier alpha value is -2.11. The third kappa shape index (κ3) is 21.1. The summed E-state index contributed by atoms with van der Waals surface area (Å²) in [5, 5.41) is 11.3. The molecule has 6 heteroatoms. The molecule has 0 rings (SSSR count). The predicted molar refractivity (Wildman–Crippen MR) is 131 cm³/mol. The van der Waals surface area contributed by atoms with Gasteiger partial charge in [0, 0.05) is 6.42 Å². The van der Waals surface area contributed by atoms with E-state index in [9.17, 15) is 14.4 Å². The highest BCUT2D eigenvalue weighted by atomic mass is 16.4. The Morgan fingerprint density at radius 1 is 0.781 bits per heavy atom. The van der Waals surface area contributed by atoms with Gasteiger partial charge in [0.2, 0.25) is 11.8 Å². The Bertz CT molecular complexity index is 558. The average molecular weight is 451 g/mol. The van der Waals surface area contributed by atoms with E-state index in [1.54, 1.807) is 0 Å². The zero-order chi connectivity index (χ0) is 23.9. The molecule has 32 heavy (non-hydrogen) atoms. The summed E-state index contributed by atoms with van der Waals surface area (Å²) in [4.78, 5) is 33.6. The normalized spacial score (nSPS) is 12.4. The summed E-state index contributed by atoms with van der Waals surface area (Å²) in [6, 6.07) is -1.23. The van der Waals surface area contributed by atoms with Crippen LogP contribution in [0.15, 0.2) is 24.3 Å². The molecule has 0 aromatic rings. The van der Waals surface area contributed by atoms with E-state index >= 15 is 0 Å². The van der Waals surface area contributed by atoms with Gasteiger partial charge in [0.1, 0.15) is 6.04 Å². The maximum absolute atomic E-state index is 11.8. The number of hydrogen-bond donors (Lipinski definition) is 3. The van der Waals surface area contributed by atoms with Crippen LogP contribution in [-0.2, 0) is 14.4 Å². The molecule has 0 heterocycles. The van der Waals surface area contributed by atoms with Gasteiger partial charge in [-0.25, -0.2) is 4.79 Å². The Morgan fingerprint density at radius 2 is 1.28 bits per heavy atom. The van der Waals surface area contributed by atoms with Crippen LogP contribution in [0.4, 0.5) is 0 Å². The highest BCUT2D eigenvalue weighted by Gasteiger charge is 2.21. The highest BCUT2D eigenvalue weighted by Crippen LogP contribution is 2.12. The summed E-state index contributed by atoms with van der Waals surface area (Å²) in [6.45, 7) is 2.23. The molecule has 0 aliphatic carbocycles. The number of amides is 2. The van der Waals surface area contributed by atoms with Crippen molar-refractivity contribution >= 4 is 17.8 Å². The number of hydrogen-bond acceptors (Lipinski definition) is 3. The molecule has 0 spiro atoms. The summed E-state index contributed by atoms with van der Waals surface area (Å²) in [5.41, 5.74) is 5.00. The molecule has 0 saturated heterocycles. The number of aliphatic carboxylic acids is 1. The number of nitrogens with two attached hydrogens (primary N) is 1. The van der Waals surface area contributed by atoms with Crippen molar-refractivity contribution < 1.29 is 19.5 Å². The Morgan fingerprint density at radius 3 is 1.78 bits per heavy atom. The molecule has 2 amide bonds. The molecule has 0 aliphatic heterocycles. The molecule has 0 bridgehead atoms. The first-order valence-electron chi connectivity index (χ1n) is 12.6. The first kappa shape index (κ1) is 29.9. The minimum Gasteiger partial charge on any atom is -0.480 e. The van der Waals surface area contributed by atoms with Crippen molar-refractivity contribution in [3.8, 4) is 0 Å². The van der Waals surface area contributed by atoms with Gasteiger partial charge >= 0.3 is 5.97 Å². The third-order valence-electron chi connectivity index (χ3n) is 5.39. The van der Waals surface area contributed by atoms with Crippen molar-refractivity contribution in [1.82, 2.24) is 5.32 Å². The van der Waals surface area contributed by atoms with Gasteiger partial charge in [0.15, 0.2) is 0 Å². The van der Waals surface area contributed by atoms with Crippen LogP contribution in [0.25, 0.3) is 0 Å². The van der Waals surface area contributed by atoms with Crippen LogP contribution in [-0.4, -0.2) is 28.9 Å². The van der Waals surface area contributed by atoms with Crippen LogP contribution in [0.5, 0.6) is 0 Å². The zero-order valence-electron chi connectivity index (χ0n) is 20.2. The van der Waals surface area contributed by atoms with Gasteiger partial charge in [-0.2, -0.15) is 0 Å². The van der Waals surface area contributed by atoms with E-state index in [4.69, 9.17) is 10.8 Å². The number of carbonyl (C=O) groups is 3. The van der Waals surface area contributed by atoms with E-state index in [0.29, 0.717) is 0 Å². The topological polar surface area (TPSA) is 109 Å². The standard InChI is InChI=1S/C26H46N2O4/c1-2-3-4-5-6-7-8-9-10-11-12-13-14-15-16-17-18-19-20-21-25(30)28-23(26(31)32)22-24(27)29/h6-7,9-10,23H,2-5,8,11-22H2,1H3,(H2,27,29)(H,28,30)(H,31,32)/b7-6-,10-9-/t23-/m0/s1. The van der Waals surface area contributed by atoms with Crippen LogP contribution < -0.4 is 11.1 Å². The van der Waals surface area contributed by atoms with Crippen molar-refractivity contribution in [1.29, 1.82) is 0 Å². The van der Waals surface area contributed by atoms with Crippen molar-refractivity contribution in [2.24, 2.45) is 5.73 Å². The molecular formula is C26H46N2O4. The summed E-state index contributed by atoms with van der Waals surface area (Å²) >= 11 is 0. The number of carboxylic acids is 1. The van der Waals surface area contributed by atoms with Gasteiger partial charge in [-0.1, -0.05) is 89.0 Å². The lowest BCUT2D eigenvalue weighted by Gasteiger charge is -2.12. The number of unbranched alkanes of at least 4 members (excludes halogenated alkanes) is 12. The number of allylic oxidation sites excluding steroid dienone is 4. The summed E-state index contributed by atoms with van der Waals surface area (Å²) in [7, 11) is 0. The molecule has 0 aromatic heterocycles. The van der Waals surface area contributed by atoms with Gasteiger partial charge in [-0.05, 0) is 38.5 Å². The first-order valence-corrected chi connectivity index (χ1v) is 12.6. The van der Waals surface area contributed by atoms with Crippen LogP contribution in [0.3, 0.4) is 0 Å². The van der Waals surface area contributed by atoms with Gasteiger partial charge in [0.25, 0.3) is 0 Å². The van der Waals surface area contributed by atoms with Crippen molar-refractivity contribution in [2.75, 3.05) is 0 Å². The summed E-state index contributed by atoms with van der Waals surface area (Å²) < 4.78 is 0. The highest BCUT2D eigenvalue weighted by molar-refractivity contribution is 5.88. The molecule has 184 valence electrons. The van der Waals surface area contributed by atoms with Crippen LogP contribution in [0.2, 0.25) is 0 Å². The maximum Gasteiger partial charge on any atom is 0.326 e. The van der Waals surface area contributed by atoms with E-state index < -0.39 is 17.9 Å². The average Bonchev–Trinajstić information content (AvgIpc) is 2.74. The molecule has 0 saturated carbocycles. The molecule has 0 unspecified atom stereocenters. The van der Waals surface area contributed by atoms with Crippen molar-refractivity contribution in [2.45, 2.75) is 122 Å². The molecule has 0 aliphatic rings. The lowest BCUT2D eigenvalue weighted by Crippen LogP contribution is -2.43. The fourth-order valence-electron chi connectivity index (χ4n) is 3.47. The lowest BCUT2D eigenvalue weighted by molar-refractivity contribution is -0.143. The minimum absolute atomic E-state index is 0.282. The maximum atomic E-state index is 11.8. The minimum atomic E-state index is -1.24. The number of carbonyl (C=O) groups excluding carboxylic acids is 2. The second-order valence-corrected chi connectivity index (χ2v) is 8.52. The van der Waals surface area contributed by atoms with E-state index in [1.165, 1.54) is 70.6 Å². The van der Waals surface area contributed by atoms with Crippen LogP contribution in [0, 0.1) is 0 Å². The lowest BCUT2D eigenvalue weighted by atomic mass is 10.1. The Kier molecular flexibility index (Phi) is 20.6. The van der Waals surface area contributed by atoms with Crippen LogP contribution >= 0.6 is 0 Å². The van der Waals surface area contributed by atoms with Crippen molar-refractivity contribution in [3.05, 3.63) is 24.3 Å². The van der Waals surface area contributed by atoms with Gasteiger partial charge in [-0.3, -0.25) is 9.59 Å². The van der Waals surface area contributed by atoms with Crippen molar-refractivity contribution in [3.63, 3.8) is 0 Å².